The number of halogens is 1. The molecule has 3 aromatic rings. The summed E-state index contributed by atoms with van der Waals surface area (Å²) in [6, 6.07) is 7.15. The minimum Gasteiger partial charge on any atom is -0.465 e. The van der Waals surface area contributed by atoms with Crippen LogP contribution in [0.5, 0.6) is 11.5 Å². The van der Waals surface area contributed by atoms with Gasteiger partial charge in [-0.3, -0.25) is 10.00 Å². The minimum atomic E-state index is -1.26. The van der Waals surface area contributed by atoms with Crippen molar-refractivity contribution in [3.63, 3.8) is 0 Å². The Bertz CT molecular complexity index is 907. The van der Waals surface area contributed by atoms with Gasteiger partial charge in [0.2, 0.25) is 0 Å². The molecular weight excluding hydrogens is 303 g/mol. The van der Waals surface area contributed by atoms with Gasteiger partial charge >= 0.3 is 6.09 Å². The standard InChI is InChI=1S/C15H13FN4O3/c1-20-12-6-11(19-15(21)22)14(4-8(12)7-18-20)23-13-3-2-9(17)5-10(13)16/h2-7,19H,17H2,1H3,(H,21,22). The van der Waals surface area contributed by atoms with E-state index in [1.54, 1.807) is 30.1 Å². The molecule has 0 saturated carbocycles. The number of hydrogen-bond acceptors (Lipinski definition) is 4. The summed E-state index contributed by atoms with van der Waals surface area (Å²) in [6.07, 6.45) is 0.348. The monoisotopic (exact) mass is 316 g/mol. The fourth-order valence-corrected chi connectivity index (χ4v) is 2.19. The van der Waals surface area contributed by atoms with E-state index in [0.717, 1.165) is 11.5 Å². The van der Waals surface area contributed by atoms with Gasteiger partial charge in [0.25, 0.3) is 0 Å². The summed E-state index contributed by atoms with van der Waals surface area (Å²) in [4.78, 5) is 11.0. The first kappa shape index (κ1) is 14.6. The van der Waals surface area contributed by atoms with Crippen LogP contribution in [-0.4, -0.2) is 21.0 Å². The molecule has 1 amide bonds. The fraction of sp³-hybridized carbons (Fsp3) is 0.0667. The second kappa shape index (κ2) is 5.48. The van der Waals surface area contributed by atoms with E-state index in [1.807, 2.05) is 0 Å². The van der Waals surface area contributed by atoms with Crippen molar-refractivity contribution >= 4 is 28.4 Å². The van der Waals surface area contributed by atoms with Gasteiger partial charge in [-0.2, -0.15) is 5.10 Å². The van der Waals surface area contributed by atoms with E-state index < -0.39 is 11.9 Å². The zero-order valence-corrected chi connectivity index (χ0v) is 12.1. The molecule has 4 N–H and O–H groups in total. The van der Waals surface area contributed by atoms with E-state index in [0.29, 0.717) is 5.52 Å². The maximum atomic E-state index is 13.9. The molecule has 0 saturated heterocycles. The highest BCUT2D eigenvalue weighted by Crippen LogP contribution is 2.35. The number of benzene rings is 2. The molecule has 0 spiro atoms. The highest BCUT2D eigenvalue weighted by Gasteiger charge is 2.14. The molecule has 3 rings (SSSR count). The number of aromatic nitrogens is 2. The highest BCUT2D eigenvalue weighted by molar-refractivity contribution is 5.92. The Morgan fingerprint density at radius 1 is 1.35 bits per heavy atom. The molecule has 0 atom stereocenters. The van der Waals surface area contributed by atoms with E-state index in [1.165, 1.54) is 12.1 Å². The van der Waals surface area contributed by atoms with Crippen molar-refractivity contribution in [1.82, 2.24) is 9.78 Å². The number of nitrogens with two attached hydrogens (primary N) is 1. The van der Waals surface area contributed by atoms with Crippen molar-refractivity contribution in [1.29, 1.82) is 0 Å². The quantitative estimate of drug-likeness (QED) is 0.644. The lowest BCUT2D eigenvalue weighted by Crippen LogP contribution is -2.08. The van der Waals surface area contributed by atoms with Gasteiger partial charge in [0, 0.05) is 24.2 Å². The third-order valence-electron chi connectivity index (χ3n) is 3.26. The van der Waals surface area contributed by atoms with E-state index in [2.05, 4.69) is 10.4 Å². The third kappa shape index (κ3) is 2.86. The normalized spacial score (nSPS) is 10.7. The number of nitrogens with zero attached hydrogens (tertiary/aromatic N) is 2. The summed E-state index contributed by atoms with van der Waals surface area (Å²) in [5.74, 6) is -0.537. The summed E-state index contributed by atoms with van der Waals surface area (Å²) in [7, 11) is 1.73. The number of carboxylic acid groups (broad SMARTS) is 1. The van der Waals surface area contributed by atoms with Crippen molar-refractivity contribution in [3.05, 3.63) is 42.3 Å². The van der Waals surface area contributed by atoms with Crippen LogP contribution in [0.15, 0.2) is 36.5 Å². The van der Waals surface area contributed by atoms with Crippen LogP contribution in [0.3, 0.4) is 0 Å². The molecule has 8 heteroatoms. The number of anilines is 2. The topological polar surface area (TPSA) is 102 Å². The molecule has 118 valence electrons. The van der Waals surface area contributed by atoms with Gasteiger partial charge < -0.3 is 15.6 Å². The van der Waals surface area contributed by atoms with Crippen molar-refractivity contribution in [3.8, 4) is 11.5 Å². The lowest BCUT2D eigenvalue weighted by molar-refractivity contribution is 0.209. The molecule has 2 aromatic carbocycles. The first-order valence-electron chi connectivity index (χ1n) is 6.62. The molecule has 23 heavy (non-hydrogen) atoms. The van der Waals surface area contributed by atoms with Crippen molar-refractivity contribution in [2.24, 2.45) is 7.05 Å². The van der Waals surface area contributed by atoms with Gasteiger partial charge in [-0.15, -0.1) is 0 Å². The van der Waals surface area contributed by atoms with E-state index >= 15 is 0 Å². The third-order valence-corrected chi connectivity index (χ3v) is 3.26. The number of nitrogen functional groups attached to an aromatic ring is 1. The first-order valence-corrected chi connectivity index (χ1v) is 6.62. The van der Waals surface area contributed by atoms with E-state index in [4.69, 9.17) is 15.6 Å². The zero-order chi connectivity index (χ0) is 16.6. The number of ether oxygens (including phenoxy) is 1. The highest BCUT2D eigenvalue weighted by atomic mass is 19.1. The molecule has 0 radical (unpaired) electrons. The number of amides is 1. The summed E-state index contributed by atoms with van der Waals surface area (Å²) >= 11 is 0. The lowest BCUT2D eigenvalue weighted by atomic mass is 10.2. The second-order valence-electron chi connectivity index (χ2n) is 4.90. The van der Waals surface area contributed by atoms with Crippen LogP contribution in [0.1, 0.15) is 0 Å². The number of carbonyl (C=O) groups is 1. The van der Waals surface area contributed by atoms with Crippen molar-refractivity contribution < 1.29 is 19.0 Å². The largest absolute Gasteiger partial charge is 0.465 e. The van der Waals surface area contributed by atoms with Crippen LogP contribution < -0.4 is 15.8 Å². The maximum absolute atomic E-state index is 13.9. The number of aryl methyl sites for hydroxylation is 1. The molecular formula is C15H13FN4O3. The number of hydrogen-bond donors (Lipinski definition) is 3. The SMILES string of the molecule is Cn1ncc2cc(Oc3ccc(N)cc3F)c(NC(=O)O)cc21. The van der Waals surface area contributed by atoms with Crippen LogP contribution in [0.2, 0.25) is 0 Å². The Balaban J connectivity index is 2.08. The van der Waals surface area contributed by atoms with Crippen molar-refractivity contribution in [2.75, 3.05) is 11.1 Å². The van der Waals surface area contributed by atoms with Gasteiger partial charge in [-0.05, 0) is 24.3 Å². The predicted molar refractivity (Wildman–Crippen MR) is 83.2 cm³/mol. The maximum Gasteiger partial charge on any atom is 0.409 e. The summed E-state index contributed by atoms with van der Waals surface area (Å²) in [5, 5.41) is 16.0. The van der Waals surface area contributed by atoms with Crippen LogP contribution in [-0.2, 0) is 7.05 Å². The van der Waals surface area contributed by atoms with Gasteiger partial charge in [-0.1, -0.05) is 0 Å². The van der Waals surface area contributed by atoms with Gasteiger partial charge in [0.15, 0.2) is 17.3 Å². The molecule has 0 fully saturated rings. The number of fused-ring (bicyclic) bond motifs is 1. The molecule has 0 bridgehead atoms. The average molecular weight is 316 g/mol. The van der Waals surface area contributed by atoms with Crippen LogP contribution in [0.4, 0.5) is 20.6 Å². The molecule has 7 nitrogen and oxygen atoms in total. The molecule has 0 aliphatic rings. The van der Waals surface area contributed by atoms with Crippen molar-refractivity contribution in [2.45, 2.75) is 0 Å². The van der Waals surface area contributed by atoms with Crippen LogP contribution in [0, 0.1) is 5.82 Å². The Kier molecular flexibility index (Phi) is 3.49. The summed E-state index contributed by atoms with van der Waals surface area (Å²) < 4.78 is 21.0. The first-order chi connectivity index (χ1) is 10.9. The van der Waals surface area contributed by atoms with Crippen LogP contribution >= 0.6 is 0 Å². The Morgan fingerprint density at radius 3 is 2.83 bits per heavy atom. The number of rotatable bonds is 3. The summed E-state index contributed by atoms with van der Waals surface area (Å²) in [6.45, 7) is 0. The molecule has 0 unspecified atom stereocenters. The van der Waals surface area contributed by atoms with Gasteiger partial charge in [-0.25, -0.2) is 9.18 Å². The Morgan fingerprint density at radius 2 is 2.13 bits per heavy atom. The molecule has 1 aromatic heterocycles. The van der Waals surface area contributed by atoms with E-state index in [-0.39, 0.29) is 22.9 Å². The van der Waals surface area contributed by atoms with E-state index in [9.17, 15) is 9.18 Å². The second-order valence-corrected chi connectivity index (χ2v) is 4.90. The molecule has 0 aliphatic heterocycles. The minimum absolute atomic E-state index is 0.0594. The lowest BCUT2D eigenvalue weighted by Gasteiger charge is -2.12. The average Bonchev–Trinajstić information content (AvgIpc) is 2.82. The molecule has 0 aliphatic carbocycles. The van der Waals surface area contributed by atoms with Crippen LogP contribution in [0.25, 0.3) is 10.9 Å². The van der Waals surface area contributed by atoms with Gasteiger partial charge in [0.1, 0.15) is 0 Å². The summed E-state index contributed by atoms with van der Waals surface area (Å²) in [5.41, 5.74) is 6.65. The Hall–Kier alpha value is -3.29. The van der Waals surface area contributed by atoms with Gasteiger partial charge in [0.05, 0.1) is 17.4 Å². The fourth-order valence-electron chi connectivity index (χ4n) is 2.19. The zero-order valence-electron chi connectivity index (χ0n) is 12.1. The predicted octanol–water partition coefficient (Wildman–Crippen LogP) is 3.18. The number of nitrogens with one attached hydrogen (secondary N) is 1. The smallest absolute Gasteiger partial charge is 0.409 e. The molecule has 1 heterocycles. The Labute approximate surface area is 130 Å².